The summed E-state index contributed by atoms with van der Waals surface area (Å²) in [6, 6.07) is 12.5. The smallest absolute Gasteiger partial charge is 0.257 e. The van der Waals surface area contributed by atoms with Gasteiger partial charge in [0.15, 0.2) is 0 Å². The second kappa shape index (κ2) is 5.65. The van der Waals surface area contributed by atoms with Crippen LogP contribution in [0, 0.1) is 11.6 Å². The lowest BCUT2D eigenvalue weighted by Gasteiger charge is -2.01. The van der Waals surface area contributed by atoms with Crippen LogP contribution in [0.1, 0.15) is 0 Å². The van der Waals surface area contributed by atoms with Gasteiger partial charge in [0.05, 0.1) is 11.3 Å². The van der Waals surface area contributed by atoms with Gasteiger partial charge in [-0.25, -0.2) is 13.8 Å². The fraction of sp³-hybridized carbons (Fsp3) is 0. The van der Waals surface area contributed by atoms with Crippen molar-refractivity contribution in [3.63, 3.8) is 0 Å². The summed E-state index contributed by atoms with van der Waals surface area (Å²) in [6.07, 6.45) is 0. The predicted octanol–water partition coefficient (Wildman–Crippen LogP) is 4.60. The maximum atomic E-state index is 13.9. The monoisotopic (exact) mass is 340 g/mol. The number of H-pyrrole nitrogens is 1. The zero-order chi connectivity index (χ0) is 16.7. The average molecular weight is 340 g/mol. The maximum Gasteiger partial charge on any atom is 0.257 e. The van der Waals surface area contributed by atoms with Gasteiger partial charge in [0.25, 0.3) is 5.56 Å². The minimum atomic E-state index is -0.677. The predicted molar refractivity (Wildman–Crippen MR) is 91.0 cm³/mol. The molecule has 3 nitrogen and oxygen atoms in total. The molecule has 0 unspecified atom stereocenters. The Bertz CT molecular complexity index is 1120. The normalized spacial score (nSPS) is 11.1. The first kappa shape index (κ1) is 14.7. The largest absolute Gasteiger partial charge is 0.321 e. The minimum Gasteiger partial charge on any atom is -0.321 e. The molecule has 0 saturated carbocycles. The fourth-order valence-electron chi connectivity index (χ4n) is 2.52. The van der Waals surface area contributed by atoms with E-state index < -0.39 is 11.6 Å². The summed E-state index contributed by atoms with van der Waals surface area (Å²) in [5, 5.41) is 2.97. The zero-order valence-corrected chi connectivity index (χ0v) is 13.0. The summed E-state index contributed by atoms with van der Waals surface area (Å²) < 4.78 is 26.9. The molecule has 24 heavy (non-hydrogen) atoms. The molecule has 0 spiro atoms. The molecule has 4 aromatic rings. The highest BCUT2D eigenvalue weighted by Crippen LogP contribution is 2.30. The number of fused-ring (bicyclic) bond motifs is 1. The lowest BCUT2D eigenvalue weighted by Crippen LogP contribution is -2.08. The van der Waals surface area contributed by atoms with Crippen LogP contribution >= 0.6 is 11.3 Å². The maximum absolute atomic E-state index is 13.9. The Kier molecular flexibility index (Phi) is 3.46. The van der Waals surface area contributed by atoms with Crippen LogP contribution in [-0.2, 0) is 0 Å². The lowest BCUT2D eigenvalue weighted by atomic mass is 10.1. The first-order valence-corrected chi connectivity index (χ1v) is 8.03. The summed E-state index contributed by atoms with van der Waals surface area (Å²) in [7, 11) is 0. The van der Waals surface area contributed by atoms with Crippen LogP contribution in [0.2, 0.25) is 0 Å². The second-order valence-electron chi connectivity index (χ2n) is 5.26. The van der Waals surface area contributed by atoms with Crippen LogP contribution in [0.25, 0.3) is 32.7 Å². The van der Waals surface area contributed by atoms with E-state index in [1.807, 2.05) is 24.3 Å². The lowest BCUT2D eigenvalue weighted by molar-refractivity contribution is 0.585. The van der Waals surface area contributed by atoms with Crippen molar-refractivity contribution in [1.29, 1.82) is 0 Å². The van der Waals surface area contributed by atoms with Crippen LogP contribution in [0.5, 0.6) is 0 Å². The number of hydrogen-bond donors (Lipinski definition) is 1. The SMILES string of the molecule is O=c1[nH]c2ccccc2cc1-c1csc(-c2ccc(F)cc2F)n1. The van der Waals surface area contributed by atoms with E-state index in [9.17, 15) is 13.6 Å². The van der Waals surface area contributed by atoms with Crippen molar-refractivity contribution in [3.05, 3.63) is 75.9 Å². The fourth-order valence-corrected chi connectivity index (χ4v) is 3.37. The van der Waals surface area contributed by atoms with E-state index in [1.54, 1.807) is 11.4 Å². The molecule has 6 heteroatoms. The first-order chi connectivity index (χ1) is 11.6. The second-order valence-corrected chi connectivity index (χ2v) is 6.12. The van der Waals surface area contributed by atoms with Crippen molar-refractivity contribution in [2.75, 3.05) is 0 Å². The molecule has 0 fully saturated rings. The number of hydrogen-bond acceptors (Lipinski definition) is 3. The Morgan fingerprint density at radius 2 is 1.83 bits per heavy atom. The Hall–Kier alpha value is -2.86. The molecule has 0 radical (unpaired) electrons. The topological polar surface area (TPSA) is 45.8 Å². The number of thiazole rings is 1. The molecule has 2 heterocycles. The number of benzene rings is 2. The zero-order valence-electron chi connectivity index (χ0n) is 12.2. The summed E-state index contributed by atoms with van der Waals surface area (Å²) in [5.74, 6) is -1.32. The molecule has 1 N–H and O–H groups in total. The summed E-state index contributed by atoms with van der Waals surface area (Å²) in [6.45, 7) is 0. The Labute approximate surface area is 139 Å². The van der Waals surface area contributed by atoms with Gasteiger partial charge in [-0.3, -0.25) is 4.79 Å². The molecule has 0 aliphatic heterocycles. The number of para-hydroxylation sites is 1. The molecule has 0 aliphatic carbocycles. The summed E-state index contributed by atoms with van der Waals surface area (Å²) in [5.41, 5.74) is 1.57. The Morgan fingerprint density at radius 1 is 1.00 bits per heavy atom. The molecule has 4 rings (SSSR count). The van der Waals surface area contributed by atoms with Gasteiger partial charge in [0, 0.05) is 22.5 Å². The average Bonchev–Trinajstić information content (AvgIpc) is 3.03. The van der Waals surface area contributed by atoms with Crippen LogP contribution in [-0.4, -0.2) is 9.97 Å². The van der Waals surface area contributed by atoms with E-state index in [0.717, 1.165) is 17.0 Å². The van der Waals surface area contributed by atoms with E-state index >= 15 is 0 Å². The highest BCUT2D eigenvalue weighted by atomic mass is 32.1. The molecule has 0 amide bonds. The van der Waals surface area contributed by atoms with Gasteiger partial charge in [0.1, 0.15) is 16.6 Å². The quantitative estimate of drug-likeness (QED) is 0.580. The van der Waals surface area contributed by atoms with Crippen molar-refractivity contribution in [2.24, 2.45) is 0 Å². The molecule has 118 valence electrons. The first-order valence-electron chi connectivity index (χ1n) is 7.15. The third kappa shape index (κ3) is 2.51. The Morgan fingerprint density at radius 3 is 2.67 bits per heavy atom. The van der Waals surface area contributed by atoms with E-state index in [2.05, 4.69) is 9.97 Å². The number of halogens is 2. The van der Waals surface area contributed by atoms with Gasteiger partial charge in [-0.15, -0.1) is 11.3 Å². The van der Waals surface area contributed by atoms with Crippen LogP contribution in [0.3, 0.4) is 0 Å². The molecular weight excluding hydrogens is 330 g/mol. The molecule has 0 aliphatic rings. The molecule has 0 saturated heterocycles. The highest BCUT2D eigenvalue weighted by Gasteiger charge is 2.14. The van der Waals surface area contributed by atoms with Gasteiger partial charge < -0.3 is 4.98 Å². The van der Waals surface area contributed by atoms with E-state index in [4.69, 9.17) is 0 Å². The van der Waals surface area contributed by atoms with Crippen molar-refractivity contribution >= 4 is 22.2 Å². The minimum absolute atomic E-state index is 0.213. The van der Waals surface area contributed by atoms with E-state index in [1.165, 1.54) is 23.5 Å². The number of pyridine rings is 1. The molecule has 0 atom stereocenters. The van der Waals surface area contributed by atoms with Crippen LogP contribution in [0.4, 0.5) is 8.78 Å². The van der Waals surface area contributed by atoms with E-state index in [0.29, 0.717) is 16.3 Å². The van der Waals surface area contributed by atoms with Crippen molar-refractivity contribution in [1.82, 2.24) is 9.97 Å². The molecule has 2 aromatic heterocycles. The van der Waals surface area contributed by atoms with Gasteiger partial charge in [0.2, 0.25) is 0 Å². The molecular formula is C18H10F2N2OS. The van der Waals surface area contributed by atoms with Crippen LogP contribution in [0.15, 0.2) is 58.7 Å². The van der Waals surface area contributed by atoms with Gasteiger partial charge in [-0.2, -0.15) is 0 Å². The number of nitrogens with zero attached hydrogens (tertiary/aromatic N) is 1. The number of aromatic amines is 1. The van der Waals surface area contributed by atoms with Gasteiger partial charge >= 0.3 is 0 Å². The number of nitrogens with one attached hydrogen (secondary N) is 1. The van der Waals surface area contributed by atoms with Gasteiger partial charge in [-0.1, -0.05) is 18.2 Å². The molecule has 2 aromatic carbocycles. The van der Waals surface area contributed by atoms with Crippen molar-refractivity contribution < 1.29 is 8.78 Å². The van der Waals surface area contributed by atoms with Crippen molar-refractivity contribution in [3.8, 4) is 21.8 Å². The third-order valence-corrected chi connectivity index (χ3v) is 4.57. The number of rotatable bonds is 2. The standard InChI is InChI=1S/C18H10F2N2OS/c19-11-5-6-12(14(20)8-11)18-22-16(9-24-18)13-7-10-3-1-2-4-15(10)21-17(13)23/h1-9H,(H,21,23). The van der Waals surface area contributed by atoms with Crippen LogP contribution < -0.4 is 5.56 Å². The van der Waals surface area contributed by atoms with Crippen molar-refractivity contribution in [2.45, 2.75) is 0 Å². The summed E-state index contributed by atoms with van der Waals surface area (Å²) >= 11 is 1.21. The highest BCUT2D eigenvalue weighted by molar-refractivity contribution is 7.13. The Balaban J connectivity index is 1.83. The summed E-state index contributed by atoms with van der Waals surface area (Å²) in [4.78, 5) is 19.4. The van der Waals surface area contributed by atoms with Gasteiger partial charge in [-0.05, 0) is 29.7 Å². The molecule has 0 bridgehead atoms. The van der Waals surface area contributed by atoms with E-state index in [-0.39, 0.29) is 11.1 Å². The number of aromatic nitrogens is 2. The third-order valence-electron chi connectivity index (χ3n) is 3.70.